The highest BCUT2D eigenvalue weighted by molar-refractivity contribution is 5.68. The second-order valence-electron chi connectivity index (χ2n) is 4.84. The van der Waals surface area contributed by atoms with Gasteiger partial charge in [-0.25, -0.2) is 4.79 Å². The molecule has 0 bridgehead atoms. The van der Waals surface area contributed by atoms with E-state index in [-0.39, 0.29) is 18.7 Å². The molecule has 0 aliphatic rings. The molecular formula is C11H23NO3. The van der Waals surface area contributed by atoms with Crippen LogP contribution in [0.3, 0.4) is 0 Å². The summed E-state index contributed by atoms with van der Waals surface area (Å²) < 4.78 is 5.26. The minimum Gasteiger partial charge on any atom is -0.444 e. The first kappa shape index (κ1) is 14.2. The molecule has 0 fully saturated rings. The van der Waals surface area contributed by atoms with Gasteiger partial charge in [-0.15, -0.1) is 0 Å². The van der Waals surface area contributed by atoms with Crippen molar-refractivity contribution in [3.8, 4) is 0 Å². The molecule has 1 N–H and O–H groups in total. The third-order valence-corrected chi connectivity index (χ3v) is 1.81. The Hall–Kier alpha value is -0.770. The van der Waals surface area contributed by atoms with Crippen molar-refractivity contribution < 1.29 is 14.6 Å². The minimum absolute atomic E-state index is 0.0893. The molecule has 0 saturated heterocycles. The normalized spacial score (nSPS) is 11.7. The van der Waals surface area contributed by atoms with Gasteiger partial charge in [0.1, 0.15) is 5.60 Å². The number of carbonyl (C=O) groups is 1. The van der Waals surface area contributed by atoms with Crippen molar-refractivity contribution in [2.24, 2.45) is 0 Å². The predicted octanol–water partition coefficient (Wildman–Crippen LogP) is 2.01. The summed E-state index contributed by atoms with van der Waals surface area (Å²) in [5, 5.41) is 8.73. The van der Waals surface area contributed by atoms with Gasteiger partial charge in [0.2, 0.25) is 0 Å². The van der Waals surface area contributed by atoms with E-state index in [1.54, 1.807) is 4.90 Å². The van der Waals surface area contributed by atoms with Gasteiger partial charge in [0, 0.05) is 19.2 Å². The van der Waals surface area contributed by atoms with Gasteiger partial charge < -0.3 is 14.7 Å². The zero-order valence-corrected chi connectivity index (χ0v) is 10.4. The van der Waals surface area contributed by atoms with Crippen molar-refractivity contribution >= 4 is 6.09 Å². The largest absolute Gasteiger partial charge is 0.444 e. The van der Waals surface area contributed by atoms with Gasteiger partial charge >= 0.3 is 6.09 Å². The Morgan fingerprint density at radius 2 is 1.93 bits per heavy atom. The van der Waals surface area contributed by atoms with Gasteiger partial charge in [-0.2, -0.15) is 0 Å². The number of rotatable bonds is 4. The molecule has 0 rings (SSSR count). The predicted molar refractivity (Wildman–Crippen MR) is 59.8 cm³/mol. The van der Waals surface area contributed by atoms with Crippen molar-refractivity contribution in [1.29, 1.82) is 0 Å². The molecule has 0 radical (unpaired) electrons. The molecule has 0 aromatic heterocycles. The van der Waals surface area contributed by atoms with E-state index in [4.69, 9.17) is 9.84 Å². The van der Waals surface area contributed by atoms with Gasteiger partial charge in [0.15, 0.2) is 0 Å². The highest BCUT2D eigenvalue weighted by Gasteiger charge is 2.23. The molecule has 1 amide bonds. The molecule has 0 aromatic rings. The monoisotopic (exact) mass is 217 g/mol. The van der Waals surface area contributed by atoms with Crippen LogP contribution in [0.4, 0.5) is 4.79 Å². The van der Waals surface area contributed by atoms with E-state index in [1.165, 1.54) is 0 Å². The maximum Gasteiger partial charge on any atom is 0.410 e. The number of ether oxygens (including phenoxy) is 1. The van der Waals surface area contributed by atoms with Crippen LogP contribution in [0, 0.1) is 0 Å². The molecule has 0 aromatic carbocycles. The summed E-state index contributed by atoms with van der Waals surface area (Å²) in [6.07, 6.45) is 0.267. The number of hydrogen-bond donors (Lipinski definition) is 1. The van der Waals surface area contributed by atoms with Gasteiger partial charge in [-0.3, -0.25) is 0 Å². The Kier molecular flexibility index (Phi) is 5.65. The Balaban J connectivity index is 4.29. The SMILES string of the molecule is CC(C)N(CCCO)C(=O)OC(C)(C)C. The van der Waals surface area contributed by atoms with Crippen molar-refractivity contribution in [2.75, 3.05) is 13.2 Å². The quantitative estimate of drug-likeness (QED) is 0.783. The summed E-state index contributed by atoms with van der Waals surface area (Å²) >= 11 is 0. The van der Waals surface area contributed by atoms with E-state index >= 15 is 0 Å². The molecule has 0 aliphatic carbocycles. The fourth-order valence-corrected chi connectivity index (χ4v) is 1.12. The summed E-state index contributed by atoms with van der Waals surface area (Å²) in [4.78, 5) is 13.4. The molecule has 0 atom stereocenters. The molecule has 15 heavy (non-hydrogen) atoms. The van der Waals surface area contributed by atoms with Gasteiger partial charge in [-0.1, -0.05) is 0 Å². The lowest BCUT2D eigenvalue weighted by Crippen LogP contribution is -2.41. The fourth-order valence-electron chi connectivity index (χ4n) is 1.12. The number of amides is 1. The Labute approximate surface area is 92.2 Å². The van der Waals surface area contributed by atoms with Crippen LogP contribution in [0.5, 0.6) is 0 Å². The van der Waals surface area contributed by atoms with Gasteiger partial charge in [0.05, 0.1) is 0 Å². The van der Waals surface area contributed by atoms with Crippen LogP contribution in [-0.4, -0.2) is 40.9 Å². The highest BCUT2D eigenvalue weighted by atomic mass is 16.6. The minimum atomic E-state index is -0.469. The number of hydrogen-bond acceptors (Lipinski definition) is 3. The van der Waals surface area contributed by atoms with Crippen molar-refractivity contribution in [2.45, 2.75) is 52.7 Å². The first-order valence-corrected chi connectivity index (χ1v) is 5.38. The molecular weight excluding hydrogens is 194 g/mol. The van der Waals surface area contributed by atoms with Crippen molar-refractivity contribution in [3.05, 3.63) is 0 Å². The van der Waals surface area contributed by atoms with Gasteiger partial charge in [-0.05, 0) is 41.0 Å². The molecule has 0 spiro atoms. The fraction of sp³-hybridized carbons (Fsp3) is 0.909. The first-order valence-electron chi connectivity index (χ1n) is 5.38. The maximum absolute atomic E-state index is 11.7. The molecule has 0 aliphatic heterocycles. The summed E-state index contributed by atoms with van der Waals surface area (Å²) in [6, 6.07) is 0.0893. The van der Waals surface area contributed by atoms with E-state index in [2.05, 4.69) is 0 Å². The lowest BCUT2D eigenvalue weighted by molar-refractivity contribution is 0.0181. The van der Waals surface area contributed by atoms with Crippen LogP contribution in [0.1, 0.15) is 41.0 Å². The van der Waals surface area contributed by atoms with Crippen LogP contribution in [0.15, 0.2) is 0 Å². The molecule has 0 heterocycles. The molecule has 4 heteroatoms. The molecule has 0 unspecified atom stereocenters. The summed E-state index contributed by atoms with van der Waals surface area (Å²) in [5.41, 5.74) is -0.469. The van der Waals surface area contributed by atoms with Gasteiger partial charge in [0.25, 0.3) is 0 Å². The molecule has 90 valence electrons. The Bertz CT molecular complexity index is 196. The van der Waals surface area contributed by atoms with E-state index in [0.29, 0.717) is 13.0 Å². The molecule has 4 nitrogen and oxygen atoms in total. The average molecular weight is 217 g/mol. The highest BCUT2D eigenvalue weighted by Crippen LogP contribution is 2.12. The lowest BCUT2D eigenvalue weighted by Gasteiger charge is -2.29. The van der Waals surface area contributed by atoms with E-state index < -0.39 is 5.60 Å². The number of aliphatic hydroxyl groups is 1. The van der Waals surface area contributed by atoms with Crippen LogP contribution >= 0.6 is 0 Å². The summed E-state index contributed by atoms with van der Waals surface area (Å²) in [6.45, 7) is 10.0. The third-order valence-electron chi connectivity index (χ3n) is 1.81. The number of carbonyl (C=O) groups excluding carboxylic acids is 1. The number of aliphatic hydroxyl groups excluding tert-OH is 1. The van der Waals surface area contributed by atoms with E-state index in [0.717, 1.165) is 0 Å². The third kappa shape index (κ3) is 6.33. The zero-order valence-electron chi connectivity index (χ0n) is 10.4. The smallest absolute Gasteiger partial charge is 0.410 e. The van der Waals surface area contributed by atoms with E-state index in [1.807, 2.05) is 34.6 Å². The Morgan fingerprint density at radius 1 is 1.40 bits per heavy atom. The van der Waals surface area contributed by atoms with Crippen molar-refractivity contribution in [3.63, 3.8) is 0 Å². The Morgan fingerprint density at radius 3 is 2.27 bits per heavy atom. The summed E-state index contributed by atoms with van der Waals surface area (Å²) in [7, 11) is 0. The molecule has 0 saturated carbocycles. The second kappa shape index (κ2) is 5.95. The zero-order chi connectivity index (χ0) is 12.1. The average Bonchev–Trinajstić information content (AvgIpc) is 2.00. The topological polar surface area (TPSA) is 49.8 Å². The van der Waals surface area contributed by atoms with Crippen LogP contribution in [0.25, 0.3) is 0 Å². The summed E-state index contributed by atoms with van der Waals surface area (Å²) in [5.74, 6) is 0. The van der Waals surface area contributed by atoms with Crippen LogP contribution in [0.2, 0.25) is 0 Å². The van der Waals surface area contributed by atoms with E-state index in [9.17, 15) is 4.79 Å². The maximum atomic E-state index is 11.7. The lowest BCUT2D eigenvalue weighted by atomic mass is 10.2. The van der Waals surface area contributed by atoms with Crippen LogP contribution in [-0.2, 0) is 4.74 Å². The first-order chi connectivity index (χ1) is 6.78. The van der Waals surface area contributed by atoms with Crippen LogP contribution < -0.4 is 0 Å². The standard InChI is InChI=1S/C11H23NO3/c1-9(2)12(7-6-8-13)10(14)15-11(3,4)5/h9,13H,6-8H2,1-5H3. The van der Waals surface area contributed by atoms with Crippen molar-refractivity contribution in [1.82, 2.24) is 4.90 Å². The number of nitrogens with zero attached hydrogens (tertiary/aromatic N) is 1. The second-order valence-corrected chi connectivity index (χ2v) is 4.84.